The molecule has 0 aliphatic carbocycles. The van der Waals surface area contributed by atoms with Gasteiger partial charge in [0.05, 0.1) is 11.5 Å². The molecule has 0 fully saturated rings. The van der Waals surface area contributed by atoms with Crippen LogP contribution in [0, 0.1) is 17.0 Å². The van der Waals surface area contributed by atoms with Crippen LogP contribution in [-0.4, -0.2) is 12.0 Å². The van der Waals surface area contributed by atoms with Crippen molar-refractivity contribution in [2.75, 3.05) is 7.05 Å². The zero-order chi connectivity index (χ0) is 14.0. The highest BCUT2D eigenvalue weighted by Gasteiger charge is 2.17. The third-order valence-corrected chi connectivity index (χ3v) is 3.07. The van der Waals surface area contributed by atoms with Crippen molar-refractivity contribution >= 4 is 17.3 Å². The fourth-order valence-corrected chi connectivity index (χ4v) is 2.10. The third-order valence-electron chi connectivity index (χ3n) is 2.77. The van der Waals surface area contributed by atoms with Crippen LogP contribution in [0.15, 0.2) is 28.7 Å². The van der Waals surface area contributed by atoms with Crippen LogP contribution in [0.3, 0.4) is 0 Å². The van der Waals surface area contributed by atoms with Crippen molar-refractivity contribution in [2.24, 2.45) is 0 Å². The summed E-state index contributed by atoms with van der Waals surface area (Å²) in [7, 11) is 1.83. The lowest BCUT2D eigenvalue weighted by molar-refractivity contribution is -0.384. The molecular formula is C13H13ClN2O3. The number of aryl methyl sites for hydroxylation is 1. The SMILES string of the molecule is CNCc1ccc(-c2cc(Cl)c([N+](=O)[O-])cc2C)o1. The number of hydrogen-bond acceptors (Lipinski definition) is 4. The molecule has 1 aromatic heterocycles. The van der Waals surface area contributed by atoms with Crippen molar-refractivity contribution in [1.82, 2.24) is 5.32 Å². The highest BCUT2D eigenvalue weighted by molar-refractivity contribution is 6.33. The second kappa shape index (κ2) is 5.42. The Morgan fingerprint density at radius 2 is 2.16 bits per heavy atom. The van der Waals surface area contributed by atoms with E-state index in [1.54, 1.807) is 13.0 Å². The molecular weight excluding hydrogens is 268 g/mol. The van der Waals surface area contributed by atoms with E-state index < -0.39 is 4.92 Å². The van der Waals surface area contributed by atoms with Crippen molar-refractivity contribution in [2.45, 2.75) is 13.5 Å². The predicted octanol–water partition coefficient (Wildman–Crippen LogP) is 3.54. The van der Waals surface area contributed by atoms with E-state index >= 15 is 0 Å². The summed E-state index contributed by atoms with van der Waals surface area (Å²) in [5.74, 6) is 1.45. The summed E-state index contributed by atoms with van der Waals surface area (Å²) in [6.45, 7) is 2.42. The fourth-order valence-electron chi connectivity index (χ4n) is 1.86. The maximum absolute atomic E-state index is 10.8. The zero-order valence-corrected chi connectivity index (χ0v) is 11.3. The number of benzene rings is 1. The van der Waals surface area contributed by atoms with Crippen molar-refractivity contribution < 1.29 is 9.34 Å². The van der Waals surface area contributed by atoms with E-state index in [-0.39, 0.29) is 10.7 Å². The number of halogens is 1. The van der Waals surface area contributed by atoms with Crippen molar-refractivity contribution in [3.8, 4) is 11.3 Å². The van der Waals surface area contributed by atoms with E-state index in [4.69, 9.17) is 16.0 Å². The number of rotatable bonds is 4. The average molecular weight is 281 g/mol. The van der Waals surface area contributed by atoms with Crippen LogP contribution >= 0.6 is 11.6 Å². The Balaban J connectivity index is 2.44. The topological polar surface area (TPSA) is 68.3 Å². The second-order valence-corrected chi connectivity index (χ2v) is 4.58. The molecule has 1 aromatic carbocycles. The lowest BCUT2D eigenvalue weighted by Crippen LogP contribution is -2.03. The number of nitrogens with zero attached hydrogens (tertiary/aromatic N) is 1. The van der Waals surface area contributed by atoms with Gasteiger partial charge in [0.2, 0.25) is 0 Å². The smallest absolute Gasteiger partial charge is 0.288 e. The zero-order valence-electron chi connectivity index (χ0n) is 10.6. The number of nitrogens with one attached hydrogen (secondary N) is 1. The minimum absolute atomic E-state index is 0.0927. The molecule has 0 saturated carbocycles. The first-order valence-corrected chi connectivity index (χ1v) is 6.09. The molecule has 0 unspecified atom stereocenters. The van der Waals surface area contributed by atoms with Gasteiger partial charge in [-0.2, -0.15) is 0 Å². The molecule has 6 heteroatoms. The third kappa shape index (κ3) is 2.77. The summed E-state index contributed by atoms with van der Waals surface area (Å²) < 4.78 is 5.66. The Morgan fingerprint density at radius 1 is 1.42 bits per heavy atom. The number of furan rings is 1. The average Bonchev–Trinajstić information content (AvgIpc) is 2.80. The van der Waals surface area contributed by atoms with Crippen LogP contribution in [0.1, 0.15) is 11.3 Å². The summed E-state index contributed by atoms with van der Waals surface area (Å²) in [5.41, 5.74) is 1.42. The molecule has 1 N–H and O–H groups in total. The molecule has 100 valence electrons. The van der Waals surface area contributed by atoms with Crippen LogP contribution in [0.4, 0.5) is 5.69 Å². The molecule has 0 aliphatic rings. The minimum atomic E-state index is -0.492. The molecule has 19 heavy (non-hydrogen) atoms. The largest absolute Gasteiger partial charge is 0.460 e. The summed E-state index contributed by atoms with van der Waals surface area (Å²) in [6, 6.07) is 6.71. The maximum Gasteiger partial charge on any atom is 0.288 e. The molecule has 1 heterocycles. The molecule has 0 atom stereocenters. The van der Waals surface area contributed by atoms with Gasteiger partial charge in [-0.25, -0.2) is 0 Å². The molecule has 0 aliphatic heterocycles. The summed E-state index contributed by atoms with van der Waals surface area (Å²) in [5, 5.41) is 13.9. The fraction of sp³-hybridized carbons (Fsp3) is 0.231. The second-order valence-electron chi connectivity index (χ2n) is 4.17. The number of nitro groups is 1. The van der Waals surface area contributed by atoms with Gasteiger partial charge in [0.25, 0.3) is 5.69 Å². The van der Waals surface area contributed by atoms with E-state index in [0.29, 0.717) is 12.3 Å². The van der Waals surface area contributed by atoms with E-state index in [1.165, 1.54) is 6.07 Å². The monoisotopic (exact) mass is 280 g/mol. The molecule has 0 saturated heterocycles. The normalized spacial score (nSPS) is 10.7. The van der Waals surface area contributed by atoms with Gasteiger partial charge in [0.1, 0.15) is 16.5 Å². The summed E-state index contributed by atoms with van der Waals surface area (Å²) in [4.78, 5) is 10.3. The lowest BCUT2D eigenvalue weighted by atomic mass is 10.1. The molecule has 0 amide bonds. The highest BCUT2D eigenvalue weighted by atomic mass is 35.5. The Hall–Kier alpha value is -1.85. The first-order chi connectivity index (χ1) is 9.02. The van der Waals surface area contributed by atoms with Crippen LogP contribution in [0.25, 0.3) is 11.3 Å². The Morgan fingerprint density at radius 3 is 2.79 bits per heavy atom. The van der Waals surface area contributed by atoms with Gasteiger partial charge in [0, 0.05) is 11.6 Å². The lowest BCUT2D eigenvalue weighted by Gasteiger charge is -2.04. The van der Waals surface area contributed by atoms with Crippen LogP contribution < -0.4 is 5.32 Å². The Kier molecular flexibility index (Phi) is 3.87. The van der Waals surface area contributed by atoms with Crippen molar-refractivity contribution in [1.29, 1.82) is 0 Å². The van der Waals surface area contributed by atoms with Gasteiger partial charge >= 0.3 is 0 Å². The Labute approximate surface area is 115 Å². The van der Waals surface area contributed by atoms with Gasteiger partial charge in [-0.15, -0.1) is 0 Å². The van der Waals surface area contributed by atoms with Crippen molar-refractivity contribution in [3.05, 3.63) is 50.7 Å². The van der Waals surface area contributed by atoms with E-state index in [2.05, 4.69) is 5.32 Å². The van der Waals surface area contributed by atoms with E-state index in [9.17, 15) is 10.1 Å². The van der Waals surface area contributed by atoms with Crippen LogP contribution in [0.5, 0.6) is 0 Å². The molecule has 5 nitrogen and oxygen atoms in total. The molecule has 0 bridgehead atoms. The first kappa shape index (κ1) is 13.6. The molecule has 2 rings (SSSR count). The Bertz CT molecular complexity index is 622. The van der Waals surface area contributed by atoms with Gasteiger partial charge in [-0.05, 0) is 37.7 Å². The van der Waals surface area contributed by atoms with Gasteiger partial charge in [0.15, 0.2) is 0 Å². The quantitative estimate of drug-likeness (QED) is 0.687. The van der Waals surface area contributed by atoms with E-state index in [0.717, 1.165) is 16.9 Å². The van der Waals surface area contributed by atoms with Gasteiger partial charge in [-0.3, -0.25) is 10.1 Å². The van der Waals surface area contributed by atoms with E-state index in [1.807, 2.05) is 19.2 Å². The highest BCUT2D eigenvalue weighted by Crippen LogP contribution is 2.34. The van der Waals surface area contributed by atoms with Crippen LogP contribution in [0.2, 0.25) is 5.02 Å². The first-order valence-electron chi connectivity index (χ1n) is 5.71. The van der Waals surface area contributed by atoms with Gasteiger partial charge in [-0.1, -0.05) is 11.6 Å². The molecule has 0 spiro atoms. The summed E-state index contributed by atoms with van der Waals surface area (Å²) >= 11 is 5.92. The van der Waals surface area contributed by atoms with Crippen molar-refractivity contribution in [3.63, 3.8) is 0 Å². The minimum Gasteiger partial charge on any atom is -0.460 e. The number of nitro benzene ring substituents is 1. The molecule has 0 radical (unpaired) electrons. The predicted molar refractivity (Wildman–Crippen MR) is 73.3 cm³/mol. The summed E-state index contributed by atoms with van der Waals surface area (Å²) in [6.07, 6.45) is 0. The standard InChI is InChI=1S/C13H13ClN2O3/c1-8-5-12(16(17)18)11(14)6-10(8)13-4-3-9(19-13)7-15-2/h3-6,15H,7H2,1-2H3. The molecule has 2 aromatic rings. The number of hydrogen-bond donors (Lipinski definition) is 1. The van der Waals surface area contributed by atoms with Crippen LogP contribution in [-0.2, 0) is 6.54 Å². The van der Waals surface area contributed by atoms with Gasteiger partial charge < -0.3 is 9.73 Å². The maximum atomic E-state index is 10.8.